The van der Waals surface area contributed by atoms with Gasteiger partial charge in [0, 0.05) is 29.7 Å². The van der Waals surface area contributed by atoms with E-state index in [4.69, 9.17) is 4.74 Å². The van der Waals surface area contributed by atoms with Crippen molar-refractivity contribution in [2.75, 3.05) is 7.11 Å². The summed E-state index contributed by atoms with van der Waals surface area (Å²) in [6, 6.07) is 20.0. The standard InChI is InChI=1S/C28H22N6O3/c1-37-28-20(5-4-11-29-28)17-8-10-24(35)21(13-17)26-32-22-9-7-18(14-23(22)33-26)27(36)30-15-19-16-34-12-3-2-6-25(34)31-19/h2-14,16,35H,15H2,1H3,(H,30,36)(H,32,33). The number of phenols is 1. The van der Waals surface area contributed by atoms with Crippen LogP contribution in [0.3, 0.4) is 0 Å². The molecule has 4 aromatic heterocycles. The van der Waals surface area contributed by atoms with Crippen LogP contribution in [0.2, 0.25) is 0 Å². The molecule has 3 N–H and O–H groups in total. The van der Waals surface area contributed by atoms with Crippen molar-refractivity contribution in [1.29, 1.82) is 0 Å². The van der Waals surface area contributed by atoms with Crippen LogP contribution in [-0.2, 0) is 6.54 Å². The molecule has 0 spiro atoms. The van der Waals surface area contributed by atoms with E-state index in [-0.39, 0.29) is 11.7 Å². The zero-order valence-corrected chi connectivity index (χ0v) is 19.8. The van der Waals surface area contributed by atoms with Crippen LogP contribution in [0.1, 0.15) is 16.1 Å². The van der Waals surface area contributed by atoms with E-state index in [1.165, 1.54) is 0 Å². The summed E-state index contributed by atoms with van der Waals surface area (Å²) in [5.74, 6) is 0.835. The molecule has 182 valence electrons. The van der Waals surface area contributed by atoms with E-state index in [0.29, 0.717) is 40.4 Å². The Labute approximate surface area is 211 Å². The fourth-order valence-corrected chi connectivity index (χ4v) is 4.29. The second-order valence-electron chi connectivity index (χ2n) is 8.49. The van der Waals surface area contributed by atoms with Gasteiger partial charge in [-0.25, -0.2) is 15.0 Å². The summed E-state index contributed by atoms with van der Waals surface area (Å²) in [6.07, 6.45) is 5.47. The van der Waals surface area contributed by atoms with E-state index < -0.39 is 0 Å². The summed E-state index contributed by atoms with van der Waals surface area (Å²) in [7, 11) is 1.57. The number of carbonyl (C=O) groups excluding carboxylic acids is 1. The van der Waals surface area contributed by atoms with E-state index in [1.807, 2.05) is 53.2 Å². The number of methoxy groups -OCH3 is 1. The Kier molecular flexibility index (Phi) is 5.49. The van der Waals surface area contributed by atoms with Gasteiger partial charge < -0.3 is 24.5 Å². The van der Waals surface area contributed by atoms with Crippen LogP contribution in [0.4, 0.5) is 0 Å². The van der Waals surface area contributed by atoms with Crippen LogP contribution in [0, 0.1) is 0 Å². The predicted molar refractivity (Wildman–Crippen MR) is 139 cm³/mol. The first-order valence-electron chi connectivity index (χ1n) is 11.6. The number of hydrogen-bond acceptors (Lipinski definition) is 6. The van der Waals surface area contributed by atoms with E-state index in [2.05, 4.69) is 25.3 Å². The van der Waals surface area contributed by atoms with Crippen molar-refractivity contribution < 1.29 is 14.6 Å². The fourth-order valence-electron chi connectivity index (χ4n) is 4.29. The van der Waals surface area contributed by atoms with Gasteiger partial charge in [0.25, 0.3) is 5.91 Å². The SMILES string of the molecule is COc1ncccc1-c1ccc(O)c(-c2nc3ccc(C(=O)NCc4cn5ccccc5n4)cc3[nH]2)c1. The quantitative estimate of drug-likeness (QED) is 0.315. The minimum absolute atomic E-state index is 0.0797. The highest BCUT2D eigenvalue weighted by atomic mass is 16.5. The maximum absolute atomic E-state index is 12.8. The molecule has 0 unspecified atom stereocenters. The second kappa shape index (κ2) is 9.12. The molecular weight excluding hydrogens is 468 g/mol. The maximum Gasteiger partial charge on any atom is 0.251 e. The van der Waals surface area contributed by atoms with Crippen molar-refractivity contribution in [1.82, 2.24) is 29.7 Å². The number of pyridine rings is 2. The lowest BCUT2D eigenvalue weighted by Gasteiger charge is -2.09. The van der Waals surface area contributed by atoms with Crippen molar-refractivity contribution in [2.24, 2.45) is 0 Å². The highest BCUT2D eigenvalue weighted by Gasteiger charge is 2.15. The fraction of sp³-hybridized carbons (Fsp3) is 0.0714. The number of benzene rings is 2. The summed E-state index contributed by atoms with van der Waals surface area (Å²) in [4.78, 5) is 29.5. The minimum atomic E-state index is -0.219. The second-order valence-corrected chi connectivity index (χ2v) is 8.49. The number of hydrogen-bond donors (Lipinski definition) is 3. The largest absolute Gasteiger partial charge is 0.507 e. The highest BCUT2D eigenvalue weighted by Crippen LogP contribution is 2.35. The van der Waals surface area contributed by atoms with Crippen LogP contribution in [0.25, 0.3) is 39.2 Å². The number of nitrogens with one attached hydrogen (secondary N) is 2. The van der Waals surface area contributed by atoms with Crippen LogP contribution in [0.5, 0.6) is 11.6 Å². The summed E-state index contributed by atoms with van der Waals surface area (Å²) in [5, 5.41) is 13.5. The van der Waals surface area contributed by atoms with E-state index in [0.717, 1.165) is 22.5 Å². The Morgan fingerprint density at radius 3 is 2.84 bits per heavy atom. The topological polar surface area (TPSA) is 117 Å². The zero-order valence-electron chi connectivity index (χ0n) is 19.8. The molecule has 0 radical (unpaired) electrons. The number of rotatable bonds is 6. The lowest BCUT2D eigenvalue weighted by molar-refractivity contribution is 0.0950. The third-order valence-corrected chi connectivity index (χ3v) is 6.12. The summed E-state index contributed by atoms with van der Waals surface area (Å²) < 4.78 is 7.29. The number of fused-ring (bicyclic) bond motifs is 2. The van der Waals surface area contributed by atoms with Crippen molar-refractivity contribution in [3.63, 3.8) is 0 Å². The molecule has 37 heavy (non-hydrogen) atoms. The van der Waals surface area contributed by atoms with Gasteiger partial charge in [-0.3, -0.25) is 4.79 Å². The first kappa shape index (κ1) is 22.3. The first-order chi connectivity index (χ1) is 18.1. The number of carbonyl (C=O) groups is 1. The third kappa shape index (κ3) is 4.23. The van der Waals surface area contributed by atoms with E-state index >= 15 is 0 Å². The minimum Gasteiger partial charge on any atom is -0.507 e. The molecule has 4 heterocycles. The van der Waals surface area contributed by atoms with E-state index in [1.54, 1.807) is 43.6 Å². The molecule has 6 aromatic rings. The Hall–Kier alpha value is -5.18. The number of amides is 1. The number of phenolic OH excluding ortho intramolecular Hbond substituents is 1. The molecular formula is C28H22N6O3. The molecule has 0 fully saturated rings. The van der Waals surface area contributed by atoms with Gasteiger partial charge in [0.05, 0.1) is 35.9 Å². The lowest BCUT2D eigenvalue weighted by atomic mass is 10.0. The van der Waals surface area contributed by atoms with Gasteiger partial charge in [0.2, 0.25) is 5.88 Å². The van der Waals surface area contributed by atoms with Crippen molar-refractivity contribution in [3.05, 3.63) is 96.6 Å². The molecule has 0 bridgehead atoms. The molecule has 2 aromatic carbocycles. The molecule has 1 amide bonds. The van der Waals surface area contributed by atoms with Gasteiger partial charge in [-0.1, -0.05) is 12.1 Å². The molecule has 0 aliphatic carbocycles. The average molecular weight is 491 g/mol. The molecule has 0 saturated heterocycles. The van der Waals surface area contributed by atoms with Crippen LogP contribution >= 0.6 is 0 Å². The zero-order chi connectivity index (χ0) is 25.4. The molecule has 0 saturated carbocycles. The Morgan fingerprint density at radius 2 is 1.97 bits per heavy atom. The number of aromatic nitrogens is 5. The molecule has 9 heteroatoms. The van der Waals surface area contributed by atoms with Gasteiger partial charge in [0.1, 0.15) is 17.2 Å². The highest BCUT2D eigenvalue weighted by molar-refractivity contribution is 5.97. The monoisotopic (exact) mass is 490 g/mol. The third-order valence-electron chi connectivity index (χ3n) is 6.12. The summed E-state index contributed by atoms with van der Waals surface area (Å²) >= 11 is 0. The number of aromatic amines is 1. The Morgan fingerprint density at radius 1 is 1.05 bits per heavy atom. The molecule has 9 nitrogen and oxygen atoms in total. The van der Waals surface area contributed by atoms with Gasteiger partial charge in [-0.05, 0) is 60.2 Å². The van der Waals surface area contributed by atoms with Gasteiger partial charge in [0.15, 0.2) is 0 Å². The van der Waals surface area contributed by atoms with E-state index in [9.17, 15) is 9.90 Å². The number of H-pyrrole nitrogens is 1. The Balaban J connectivity index is 1.26. The van der Waals surface area contributed by atoms with Crippen LogP contribution in [0.15, 0.2) is 85.3 Å². The number of imidazole rings is 2. The van der Waals surface area contributed by atoms with Crippen molar-refractivity contribution in [3.8, 4) is 34.1 Å². The molecule has 0 aliphatic rings. The maximum atomic E-state index is 12.8. The van der Waals surface area contributed by atoms with Crippen LogP contribution < -0.4 is 10.1 Å². The molecule has 0 aliphatic heterocycles. The molecule has 0 atom stereocenters. The number of ether oxygens (including phenoxy) is 1. The summed E-state index contributed by atoms with van der Waals surface area (Å²) in [6.45, 7) is 0.311. The number of aromatic hydroxyl groups is 1. The predicted octanol–water partition coefficient (Wildman–Crippen LogP) is 4.58. The van der Waals surface area contributed by atoms with Gasteiger partial charge in [-0.15, -0.1) is 0 Å². The normalized spacial score (nSPS) is 11.2. The van der Waals surface area contributed by atoms with Crippen molar-refractivity contribution in [2.45, 2.75) is 6.54 Å². The van der Waals surface area contributed by atoms with Gasteiger partial charge >= 0.3 is 0 Å². The van der Waals surface area contributed by atoms with Crippen LogP contribution in [-0.4, -0.2) is 42.5 Å². The molecule has 6 rings (SSSR count). The Bertz CT molecular complexity index is 1740. The number of nitrogens with zero attached hydrogens (tertiary/aromatic N) is 4. The smallest absolute Gasteiger partial charge is 0.251 e. The lowest BCUT2D eigenvalue weighted by Crippen LogP contribution is -2.22. The van der Waals surface area contributed by atoms with Crippen molar-refractivity contribution >= 4 is 22.6 Å². The average Bonchev–Trinajstić information content (AvgIpc) is 3.55. The summed E-state index contributed by atoms with van der Waals surface area (Å²) in [5.41, 5.74) is 5.59. The first-order valence-corrected chi connectivity index (χ1v) is 11.6. The van der Waals surface area contributed by atoms with Gasteiger partial charge in [-0.2, -0.15) is 0 Å².